The number of fused-ring (bicyclic) bond motifs is 1. The molecule has 2 aromatic rings. The molecule has 1 N–H and O–H groups in total. The summed E-state index contributed by atoms with van der Waals surface area (Å²) in [5.41, 5.74) is 2.69. The lowest BCUT2D eigenvalue weighted by Crippen LogP contribution is -2.25. The molecule has 1 aliphatic heterocycles. The van der Waals surface area contributed by atoms with Gasteiger partial charge in [-0.2, -0.15) is 0 Å². The van der Waals surface area contributed by atoms with Crippen LogP contribution < -0.4 is 10.2 Å². The lowest BCUT2D eigenvalue weighted by atomic mass is 10.0. The van der Waals surface area contributed by atoms with Gasteiger partial charge in [-0.3, -0.25) is 0 Å². The molecule has 23 heavy (non-hydrogen) atoms. The van der Waals surface area contributed by atoms with Crippen molar-refractivity contribution in [2.75, 3.05) is 23.3 Å². The highest BCUT2D eigenvalue weighted by atomic mass is 15.2. The van der Waals surface area contributed by atoms with E-state index >= 15 is 0 Å². The van der Waals surface area contributed by atoms with Crippen molar-refractivity contribution in [1.29, 1.82) is 0 Å². The van der Waals surface area contributed by atoms with Gasteiger partial charge in [0.15, 0.2) is 0 Å². The molecular weight excluding hydrogens is 284 g/mol. The van der Waals surface area contributed by atoms with Crippen LogP contribution in [0.4, 0.5) is 17.3 Å². The van der Waals surface area contributed by atoms with Crippen LogP contribution >= 0.6 is 0 Å². The van der Waals surface area contributed by atoms with Gasteiger partial charge in [0, 0.05) is 24.8 Å². The molecule has 122 valence electrons. The van der Waals surface area contributed by atoms with Crippen molar-refractivity contribution < 1.29 is 0 Å². The second-order valence-corrected chi connectivity index (χ2v) is 6.65. The molecule has 0 atom stereocenters. The van der Waals surface area contributed by atoms with Crippen LogP contribution in [0.25, 0.3) is 0 Å². The van der Waals surface area contributed by atoms with Crippen LogP contribution in [0.2, 0.25) is 0 Å². The van der Waals surface area contributed by atoms with Crippen LogP contribution in [0.1, 0.15) is 38.1 Å². The SMILES string of the molecule is Cc1nc(NCCC(C)C)cc(N2CCCc3ccccc32)n1. The minimum Gasteiger partial charge on any atom is -0.370 e. The number of nitrogens with one attached hydrogen (secondary N) is 1. The predicted molar refractivity (Wildman–Crippen MR) is 96.5 cm³/mol. The van der Waals surface area contributed by atoms with Crippen LogP contribution in [0, 0.1) is 12.8 Å². The Labute approximate surface area is 139 Å². The molecule has 4 heteroatoms. The van der Waals surface area contributed by atoms with Gasteiger partial charge in [-0.1, -0.05) is 32.0 Å². The molecule has 0 unspecified atom stereocenters. The minimum atomic E-state index is 0.693. The fourth-order valence-corrected chi connectivity index (χ4v) is 3.04. The van der Waals surface area contributed by atoms with Crippen LogP contribution in [-0.4, -0.2) is 23.1 Å². The molecule has 1 aromatic heterocycles. The fraction of sp³-hybridized carbons (Fsp3) is 0.474. The van der Waals surface area contributed by atoms with Gasteiger partial charge in [0.05, 0.1) is 0 Å². The van der Waals surface area contributed by atoms with Crippen molar-refractivity contribution >= 4 is 17.3 Å². The van der Waals surface area contributed by atoms with Crippen molar-refractivity contribution in [3.63, 3.8) is 0 Å². The number of aromatic nitrogens is 2. The van der Waals surface area contributed by atoms with Gasteiger partial charge in [-0.15, -0.1) is 0 Å². The summed E-state index contributed by atoms with van der Waals surface area (Å²) < 4.78 is 0. The van der Waals surface area contributed by atoms with Crippen LogP contribution in [0.15, 0.2) is 30.3 Å². The van der Waals surface area contributed by atoms with Gasteiger partial charge in [-0.05, 0) is 43.7 Å². The smallest absolute Gasteiger partial charge is 0.138 e. The van der Waals surface area contributed by atoms with Crippen LogP contribution in [0.5, 0.6) is 0 Å². The van der Waals surface area contributed by atoms with E-state index in [-0.39, 0.29) is 0 Å². The van der Waals surface area contributed by atoms with Crippen molar-refractivity contribution in [3.05, 3.63) is 41.7 Å². The molecule has 0 spiro atoms. The predicted octanol–water partition coefficient (Wildman–Crippen LogP) is 4.33. The molecule has 1 aromatic carbocycles. The number of rotatable bonds is 5. The molecule has 0 amide bonds. The second-order valence-electron chi connectivity index (χ2n) is 6.65. The molecule has 2 heterocycles. The van der Waals surface area contributed by atoms with Gasteiger partial charge in [0.2, 0.25) is 0 Å². The first kappa shape index (κ1) is 15.8. The zero-order chi connectivity index (χ0) is 16.2. The maximum Gasteiger partial charge on any atom is 0.138 e. The van der Waals surface area contributed by atoms with Crippen molar-refractivity contribution in [2.45, 2.75) is 40.0 Å². The maximum absolute atomic E-state index is 4.67. The first-order valence-corrected chi connectivity index (χ1v) is 8.58. The third-order valence-electron chi connectivity index (χ3n) is 4.24. The lowest BCUT2D eigenvalue weighted by Gasteiger charge is -2.30. The third-order valence-corrected chi connectivity index (χ3v) is 4.24. The summed E-state index contributed by atoms with van der Waals surface area (Å²) in [4.78, 5) is 11.5. The van der Waals surface area contributed by atoms with Crippen LogP contribution in [-0.2, 0) is 6.42 Å². The summed E-state index contributed by atoms with van der Waals surface area (Å²) in [5, 5.41) is 3.44. The third kappa shape index (κ3) is 3.81. The Balaban J connectivity index is 1.84. The normalized spacial score (nSPS) is 14.0. The number of nitrogens with zero attached hydrogens (tertiary/aromatic N) is 3. The van der Waals surface area contributed by atoms with E-state index in [1.807, 2.05) is 6.92 Å². The molecule has 3 rings (SSSR count). The van der Waals surface area contributed by atoms with Crippen molar-refractivity contribution in [1.82, 2.24) is 9.97 Å². The lowest BCUT2D eigenvalue weighted by molar-refractivity contribution is 0.606. The molecule has 0 bridgehead atoms. The topological polar surface area (TPSA) is 41.1 Å². The van der Waals surface area contributed by atoms with Gasteiger partial charge >= 0.3 is 0 Å². The highest BCUT2D eigenvalue weighted by Crippen LogP contribution is 2.32. The monoisotopic (exact) mass is 310 g/mol. The molecule has 0 radical (unpaired) electrons. The first-order valence-electron chi connectivity index (χ1n) is 8.58. The summed E-state index contributed by atoms with van der Waals surface area (Å²) in [6, 6.07) is 10.7. The molecule has 4 nitrogen and oxygen atoms in total. The molecule has 0 aliphatic carbocycles. The Morgan fingerprint density at radius 1 is 1.22 bits per heavy atom. The largest absolute Gasteiger partial charge is 0.370 e. The number of aryl methyl sites for hydroxylation is 2. The Kier molecular flexibility index (Phi) is 4.79. The van der Waals surface area contributed by atoms with Crippen molar-refractivity contribution in [3.8, 4) is 0 Å². The summed E-state index contributed by atoms with van der Waals surface area (Å²) in [6.07, 6.45) is 3.46. The number of anilines is 3. The minimum absolute atomic E-state index is 0.693. The van der Waals surface area contributed by atoms with Gasteiger partial charge in [0.25, 0.3) is 0 Å². The van der Waals surface area contributed by atoms with E-state index in [4.69, 9.17) is 0 Å². The molecule has 0 fully saturated rings. The zero-order valence-electron chi connectivity index (χ0n) is 14.3. The zero-order valence-corrected chi connectivity index (χ0v) is 14.3. The summed E-state index contributed by atoms with van der Waals surface area (Å²) in [5.74, 6) is 3.43. The summed E-state index contributed by atoms with van der Waals surface area (Å²) >= 11 is 0. The fourth-order valence-electron chi connectivity index (χ4n) is 3.04. The van der Waals surface area contributed by atoms with Crippen molar-refractivity contribution in [2.24, 2.45) is 5.92 Å². The standard InChI is InChI=1S/C19H26N4/c1-14(2)10-11-20-18-13-19(22-15(3)21-18)23-12-6-8-16-7-4-5-9-17(16)23/h4-5,7,9,13-14H,6,8,10-12H2,1-3H3,(H,20,21,22). The van der Waals surface area contributed by atoms with Gasteiger partial charge in [0.1, 0.15) is 17.5 Å². The number of hydrogen-bond donors (Lipinski definition) is 1. The summed E-state index contributed by atoms with van der Waals surface area (Å²) in [7, 11) is 0. The van der Waals surface area contributed by atoms with Gasteiger partial charge < -0.3 is 10.2 Å². The molecule has 0 saturated heterocycles. The Hall–Kier alpha value is -2.10. The highest BCUT2D eigenvalue weighted by molar-refractivity contribution is 5.67. The van der Waals surface area contributed by atoms with E-state index in [0.29, 0.717) is 5.92 Å². The van der Waals surface area contributed by atoms with E-state index in [1.54, 1.807) is 0 Å². The van der Waals surface area contributed by atoms with E-state index in [1.165, 1.54) is 11.3 Å². The van der Waals surface area contributed by atoms with Gasteiger partial charge in [-0.25, -0.2) is 9.97 Å². The van der Waals surface area contributed by atoms with E-state index in [9.17, 15) is 0 Å². The molecule has 0 saturated carbocycles. The Morgan fingerprint density at radius 2 is 2.04 bits per heavy atom. The maximum atomic E-state index is 4.67. The number of hydrogen-bond acceptors (Lipinski definition) is 4. The van der Waals surface area contributed by atoms with E-state index in [0.717, 1.165) is 49.8 Å². The molecular formula is C19H26N4. The quantitative estimate of drug-likeness (QED) is 0.892. The van der Waals surface area contributed by atoms with E-state index < -0.39 is 0 Å². The number of benzene rings is 1. The number of para-hydroxylation sites is 1. The average molecular weight is 310 g/mol. The summed E-state index contributed by atoms with van der Waals surface area (Å²) in [6.45, 7) is 8.40. The average Bonchev–Trinajstić information content (AvgIpc) is 2.53. The first-order chi connectivity index (χ1) is 11.1. The Bertz CT molecular complexity index is 666. The second kappa shape index (κ2) is 6.99. The van der Waals surface area contributed by atoms with Crippen LogP contribution in [0.3, 0.4) is 0 Å². The van der Waals surface area contributed by atoms with E-state index in [2.05, 4.69) is 64.4 Å². The highest BCUT2D eigenvalue weighted by Gasteiger charge is 2.19. The Morgan fingerprint density at radius 3 is 2.87 bits per heavy atom. The molecule has 1 aliphatic rings.